The van der Waals surface area contributed by atoms with Crippen LogP contribution in [0.25, 0.3) is 11.2 Å². The van der Waals surface area contributed by atoms with Gasteiger partial charge in [0, 0.05) is 24.1 Å². The van der Waals surface area contributed by atoms with E-state index in [1.54, 1.807) is 30.6 Å². The van der Waals surface area contributed by atoms with Gasteiger partial charge >= 0.3 is 0 Å². The average Bonchev–Trinajstić information content (AvgIpc) is 3.26. The van der Waals surface area contributed by atoms with E-state index in [1.807, 2.05) is 10.6 Å². The predicted molar refractivity (Wildman–Crippen MR) is 94.6 cm³/mol. The van der Waals surface area contributed by atoms with E-state index < -0.39 is 6.10 Å². The first-order chi connectivity index (χ1) is 12.7. The van der Waals surface area contributed by atoms with Crippen molar-refractivity contribution in [2.24, 2.45) is 5.92 Å². The Balaban J connectivity index is 1.63. The van der Waals surface area contributed by atoms with Crippen molar-refractivity contribution >= 4 is 22.9 Å². The number of hydrogen-bond acceptors (Lipinski definition) is 6. The Morgan fingerprint density at radius 1 is 1.19 bits per heavy atom. The van der Waals surface area contributed by atoms with Crippen LogP contribution in [-0.2, 0) is 0 Å². The lowest BCUT2D eigenvalue weighted by Crippen LogP contribution is -2.16. The van der Waals surface area contributed by atoms with Gasteiger partial charge in [0.15, 0.2) is 17.0 Å². The molecule has 3 aromatic rings. The molecule has 1 saturated carbocycles. The topological polar surface area (TPSA) is 113 Å². The predicted octanol–water partition coefficient (Wildman–Crippen LogP) is 1.38. The largest absolute Gasteiger partial charge is 0.396 e. The van der Waals surface area contributed by atoms with Crippen molar-refractivity contribution in [3.8, 4) is 0 Å². The number of imidazole rings is 1. The molecule has 1 aliphatic carbocycles. The molecule has 134 valence electrons. The van der Waals surface area contributed by atoms with E-state index in [2.05, 4.69) is 20.3 Å². The molecule has 8 nitrogen and oxygen atoms in total. The number of benzene rings is 1. The van der Waals surface area contributed by atoms with Gasteiger partial charge in [-0.15, -0.1) is 0 Å². The van der Waals surface area contributed by atoms with Crippen LogP contribution < -0.4 is 5.32 Å². The van der Waals surface area contributed by atoms with Gasteiger partial charge in [0.05, 0.1) is 12.4 Å². The van der Waals surface area contributed by atoms with Crippen molar-refractivity contribution in [1.82, 2.24) is 19.5 Å². The number of carbonyl (C=O) groups is 1. The summed E-state index contributed by atoms with van der Waals surface area (Å²) in [6.07, 6.45) is 3.68. The standard InChI is InChI=1S/C18H19N5O3/c24-8-12-6-13(7-14(12)25)23-10-21-15-16(19-9-20-17(15)23)22-18(26)11-4-2-1-3-5-11/h1-5,9-10,12-14,24-25H,6-8H2,(H,19,20,22,26)/t12-,13-,14+/m0/s1. The molecule has 4 rings (SSSR count). The second-order valence-electron chi connectivity index (χ2n) is 6.50. The second kappa shape index (κ2) is 6.81. The van der Waals surface area contributed by atoms with E-state index in [0.29, 0.717) is 35.4 Å². The van der Waals surface area contributed by atoms with Crippen molar-refractivity contribution in [3.05, 3.63) is 48.5 Å². The highest BCUT2D eigenvalue weighted by Crippen LogP contribution is 2.36. The summed E-state index contributed by atoms with van der Waals surface area (Å²) in [5.74, 6) is -0.0619. The number of fused-ring (bicyclic) bond motifs is 1. The van der Waals surface area contributed by atoms with Gasteiger partial charge in [-0.2, -0.15) is 0 Å². The molecular formula is C18H19N5O3. The van der Waals surface area contributed by atoms with E-state index >= 15 is 0 Å². The molecular weight excluding hydrogens is 334 g/mol. The molecule has 2 heterocycles. The van der Waals surface area contributed by atoms with Crippen LogP contribution >= 0.6 is 0 Å². The highest BCUT2D eigenvalue weighted by Gasteiger charge is 2.34. The van der Waals surface area contributed by atoms with Crippen molar-refractivity contribution in [3.63, 3.8) is 0 Å². The van der Waals surface area contributed by atoms with E-state index in [1.165, 1.54) is 6.33 Å². The third kappa shape index (κ3) is 2.93. The van der Waals surface area contributed by atoms with Crippen LogP contribution in [0.15, 0.2) is 43.0 Å². The molecule has 3 atom stereocenters. The first-order valence-corrected chi connectivity index (χ1v) is 8.50. The summed E-state index contributed by atoms with van der Waals surface area (Å²) in [5, 5.41) is 22.2. The van der Waals surface area contributed by atoms with Gasteiger partial charge in [0.1, 0.15) is 6.33 Å². The van der Waals surface area contributed by atoms with Crippen LogP contribution in [0.3, 0.4) is 0 Å². The summed E-state index contributed by atoms with van der Waals surface area (Å²) in [6.45, 7) is -0.0440. The van der Waals surface area contributed by atoms with E-state index in [9.17, 15) is 15.0 Å². The number of aromatic nitrogens is 4. The Bertz CT molecular complexity index is 927. The van der Waals surface area contributed by atoms with Crippen molar-refractivity contribution in [2.75, 3.05) is 11.9 Å². The number of aliphatic hydroxyl groups is 2. The monoisotopic (exact) mass is 353 g/mol. The average molecular weight is 353 g/mol. The van der Waals surface area contributed by atoms with Gasteiger partial charge in [-0.1, -0.05) is 18.2 Å². The number of carbonyl (C=O) groups excluding carboxylic acids is 1. The molecule has 1 fully saturated rings. The minimum absolute atomic E-state index is 0.000255. The maximum atomic E-state index is 12.4. The number of aliphatic hydroxyl groups excluding tert-OH is 2. The number of anilines is 1. The number of nitrogens with zero attached hydrogens (tertiary/aromatic N) is 4. The lowest BCUT2D eigenvalue weighted by Gasteiger charge is -2.12. The molecule has 0 saturated heterocycles. The van der Waals surface area contributed by atoms with Crippen LogP contribution in [0.1, 0.15) is 29.2 Å². The number of hydrogen-bond donors (Lipinski definition) is 3. The Morgan fingerprint density at radius 2 is 2.00 bits per heavy atom. The summed E-state index contributed by atoms with van der Waals surface area (Å²) in [5.41, 5.74) is 1.63. The number of nitrogens with one attached hydrogen (secondary N) is 1. The third-order valence-electron chi connectivity index (χ3n) is 4.89. The molecule has 0 aliphatic heterocycles. The summed E-state index contributed by atoms with van der Waals surface area (Å²) < 4.78 is 1.88. The lowest BCUT2D eigenvalue weighted by atomic mass is 10.1. The Hall–Kier alpha value is -2.84. The molecule has 1 aromatic carbocycles. The zero-order valence-corrected chi connectivity index (χ0v) is 14.0. The smallest absolute Gasteiger partial charge is 0.256 e. The van der Waals surface area contributed by atoms with Crippen molar-refractivity contribution in [1.29, 1.82) is 0 Å². The van der Waals surface area contributed by atoms with Gasteiger partial charge in [-0.3, -0.25) is 4.79 Å². The zero-order valence-electron chi connectivity index (χ0n) is 14.0. The zero-order chi connectivity index (χ0) is 18.1. The van der Waals surface area contributed by atoms with Gasteiger partial charge in [0.2, 0.25) is 0 Å². The molecule has 0 unspecified atom stereocenters. The first-order valence-electron chi connectivity index (χ1n) is 8.50. The molecule has 0 bridgehead atoms. The van der Waals surface area contributed by atoms with Crippen LogP contribution in [-0.4, -0.2) is 48.4 Å². The van der Waals surface area contributed by atoms with E-state index in [-0.39, 0.29) is 24.5 Å². The van der Waals surface area contributed by atoms with E-state index in [0.717, 1.165) is 0 Å². The quantitative estimate of drug-likeness (QED) is 0.653. The van der Waals surface area contributed by atoms with Crippen molar-refractivity contribution in [2.45, 2.75) is 25.0 Å². The molecule has 2 aromatic heterocycles. The second-order valence-corrected chi connectivity index (χ2v) is 6.50. The Kier molecular flexibility index (Phi) is 4.36. The number of amides is 1. The molecule has 8 heteroatoms. The van der Waals surface area contributed by atoms with Crippen LogP contribution in [0.2, 0.25) is 0 Å². The van der Waals surface area contributed by atoms with Gasteiger partial charge in [-0.05, 0) is 25.0 Å². The molecule has 3 N–H and O–H groups in total. The molecule has 0 radical (unpaired) electrons. The number of rotatable bonds is 4. The molecule has 1 aliphatic rings. The van der Waals surface area contributed by atoms with Gasteiger partial charge < -0.3 is 20.1 Å². The fraction of sp³-hybridized carbons (Fsp3) is 0.333. The van der Waals surface area contributed by atoms with Gasteiger partial charge in [0.25, 0.3) is 5.91 Å². The lowest BCUT2D eigenvalue weighted by molar-refractivity contribution is 0.0906. The van der Waals surface area contributed by atoms with E-state index in [4.69, 9.17) is 0 Å². The van der Waals surface area contributed by atoms with Gasteiger partial charge in [-0.25, -0.2) is 15.0 Å². The maximum absolute atomic E-state index is 12.4. The maximum Gasteiger partial charge on any atom is 0.256 e. The molecule has 0 spiro atoms. The Morgan fingerprint density at radius 3 is 2.73 bits per heavy atom. The normalized spacial score (nSPS) is 22.6. The van der Waals surface area contributed by atoms with Crippen LogP contribution in [0, 0.1) is 5.92 Å². The minimum Gasteiger partial charge on any atom is -0.396 e. The molecule has 26 heavy (non-hydrogen) atoms. The summed E-state index contributed by atoms with van der Waals surface area (Å²) in [4.78, 5) is 25.2. The fourth-order valence-corrected chi connectivity index (χ4v) is 3.48. The SMILES string of the molecule is O=C(Nc1ncnc2c1ncn2[C@H]1C[C@@H](CO)[C@H](O)C1)c1ccccc1. The fourth-order valence-electron chi connectivity index (χ4n) is 3.48. The van der Waals surface area contributed by atoms with Crippen LogP contribution in [0.4, 0.5) is 5.82 Å². The van der Waals surface area contributed by atoms with Crippen LogP contribution in [0.5, 0.6) is 0 Å². The highest BCUT2D eigenvalue weighted by atomic mass is 16.3. The van der Waals surface area contributed by atoms with Crippen molar-refractivity contribution < 1.29 is 15.0 Å². The summed E-state index contributed by atoms with van der Waals surface area (Å²) in [6, 6.07) is 8.88. The third-order valence-corrected chi connectivity index (χ3v) is 4.89. The summed E-state index contributed by atoms with van der Waals surface area (Å²) in [7, 11) is 0. The Labute approximate surface area is 149 Å². The minimum atomic E-state index is -0.540. The highest BCUT2D eigenvalue weighted by molar-refractivity contribution is 6.06. The first kappa shape index (κ1) is 16.6. The summed E-state index contributed by atoms with van der Waals surface area (Å²) >= 11 is 0. The molecule has 1 amide bonds.